The zero-order chi connectivity index (χ0) is 22.9. The van der Waals surface area contributed by atoms with Gasteiger partial charge in [-0.05, 0) is 55.7 Å². The van der Waals surface area contributed by atoms with E-state index in [1.165, 1.54) is 10.4 Å². The summed E-state index contributed by atoms with van der Waals surface area (Å²) in [5.74, 6) is 1.79. The van der Waals surface area contributed by atoms with E-state index in [-0.39, 0.29) is 17.4 Å². The van der Waals surface area contributed by atoms with Gasteiger partial charge in [-0.3, -0.25) is 0 Å². The van der Waals surface area contributed by atoms with Crippen molar-refractivity contribution in [2.75, 3.05) is 27.3 Å². The van der Waals surface area contributed by atoms with E-state index in [0.29, 0.717) is 46.8 Å². The average Bonchev–Trinajstić information content (AvgIpc) is 3.31. The van der Waals surface area contributed by atoms with Crippen molar-refractivity contribution in [2.45, 2.75) is 30.6 Å². The molecule has 2 aromatic carbocycles. The number of halogens is 1. The minimum Gasteiger partial charge on any atom is -0.493 e. The Morgan fingerprint density at radius 1 is 1.12 bits per heavy atom. The molecule has 170 valence electrons. The van der Waals surface area contributed by atoms with Crippen LogP contribution in [0.2, 0.25) is 5.02 Å². The van der Waals surface area contributed by atoms with Crippen LogP contribution in [0.25, 0.3) is 11.4 Å². The minimum atomic E-state index is -3.68. The van der Waals surface area contributed by atoms with Crippen LogP contribution in [0.3, 0.4) is 0 Å². The molecule has 10 heteroatoms. The van der Waals surface area contributed by atoms with Crippen molar-refractivity contribution in [3.8, 4) is 22.9 Å². The summed E-state index contributed by atoms with van der Waals surface area (Å²) in [6.07, 6.45) is 1.45. The fraction of sp³-hybridized carbons (Fsp3) is 0.364. The molecular formula is C22H24ClN3O5S. The van der Waals surface area contributed by atoms with Crippen molar-refractivity contribution in [1.82, 2.24) is 14.4 Å². The van der Waals surface area contributed by atoms with Gasteiger partial charge in [-0.15, -0.1) is 0 Å². The predicted octanol–water partition coefficient (Wildman–Crippen LogP) is 4.28. The average molecular weight is 478 g/mol. The Morgan fingerprint density at radius 2 is 1.91 bits per heavy atom. The second kappa shape index (κ2) is 9.09. The maximum absolute atomic E-state index is 13.2. The number of piperidine rings is 1. The van der Waals surface area contributed by atoms with E-state index in [0.717, 1.165) is 12.0 Å². The van der Waals surface area contributed by atoms with Gasteiger partial charge in [-0.1, -0.05) is 22.8 Å². The number of nitrogens with zero attached hydrogens (tertiary/aromatic N) is 3. The van der Waals surface area contributed by atoms with Crippen LogP contribution in [0.1, 0.15) is 30.2 Å². The third-order valence-corrected chi connectivity index (χ3v) is 7.87. The lowest BCUT2D eigenvalue weighted by Gasteiger charge is -2.30. The molecular weight excluding hydrogens is 454 g/mol. The molecule has 1 saturated heterocycles. The minimum absolute atomic E-state index is 0.185. The summed E-state index contributed by atoms with van der Waals surface area (Å²) in [5, 5.41) is 4.52. The van der Waals surface area contributed by atoms with Crippen molar-refractivity contribution < 1.29 is 22.4 Å². The summed E-state index contributed by atoms with van der Waals surface area (Å²) in [5.41, 5.74) is 1.54. The van der Waals surface area contributed by atoms with E-state index in [1.54, 1.807) is 38.5 Å². The van der Waals surface area contributed by atoms with Gasteiger partial charge >= 0.3 is 0 Å². The Bertz CT molecular complexity index is 1230. The van der Waals surface area contributed by atoms with Gasteiger partial charge in [0.1, 0.15) is 0 Å². The molecule has 0 amide bonds. The Labute approximate surface area is 192 Å². The fourth-order valence-corrected chi connectivity index (χ4v) is 5.53. The van der Waals surface area contributed by atoms with Crippen molar-refractivity contribution in [3.63, 3.8) is 0 Å². The summed E-state index contributed by atoms with van der Waals surface area (Å²) in [7, 11) is -0.552. The number of benzene rings is 2. The quantitative estimate of drug-likeness (QED) is 0.522. The van der Waals surface area contributed by atoms with Crippen LogP contribution in [0.15, 0.2) is 45.8 Å². The van der Waals surface area contributed by atoms with Gasteiger partial charge in [-0.2, -0.15) is 9.29 Å². The molecule has 1 fully saturated rings. The number of ether oxygens (including phenoxy) is 2. The second-order valence-corrected chi connectivity index (χ2v) is 9.98. The van der Waals surface area contributed by atoms with E-state index in [9.17, 15) is 8.42 Å². The first-order chi connectivity index (χ1) is 15.3. The summed E-state index contributed by atoms with van der Waals surface area (Å²) in [6.45, 7) is 2.53. The molecule has 0 radical (unpaired) electrons. The number of rotatable bonds is 6. The van der Waals surface area contributed by atoms with Crippen LogP contribution in [0.4, 0.5) is 0 Å². The number of methoxy groups -OCH3 is 2. The normalized spacial score (nSPS) is 17.3. The largest absolute Gasteiger partial charge is 0.493 e. The Balaban J connectivity index is 1.56. The van der Waals surface area contributed by atoms with Crippen LogP contribution >= 0.6 is 11.6 Å². The lowest BCUT2D eigenvalue weighted by molar-refractivity contribution is 0.265. The van der Waals surface area contributed by atoms with Crippen LogP contribution in [-0.4, -0.2) is 50.2 Å². The van der Waals surface area contributed by atoms with Crippen molar-refractivity contribution in [1.29, 1.82) is 0 Å². The van der Waals surface area contributed by atoms with Gasteiger partial charge in [0.2, 0.25) is 21.7 Å². The highest BCUT2D eigenvalue weighted by molar-refractivity contribution is 7.89. The molecule has 8 nitrogen and oxygen atoms in total. The Kier molecular flexibility index (Phi) is 6.41. The fourth-order valence-electron chi connectivity index (χ4n) is 3.74. The monoisotopic (exact) mass is 477 g/mol. The van der Waals surface area contributed by atoms with Crippen LogP contribution in [-0.2, 0) is 10.0 Å². The topological polar surface area (TPSA) is 94.8 Å². The van der Waals surface area contributed by atoms with Gasteiger partial charge in [0.25, 0.3) is 0 Å². The Hall–Kier alpha value is -2.62. The zero-order valence-electron chi connectivity index (χ0n) is 18.0. The van der Waals surface area contributed by atoms with Gasteiger partial charge < -0.3 is 14.0 Å². The summed E-state index contributed by atoms with van der Waals surface area (Å²) >= 11 is 6.15. The lowest BCUT2D eigenvalue weighted by atomic mass is 10.00. The maximum Gasteiger partial charge on any atom is 0.243 e. The van der Waals surface area contributed by atoms with E-state index < -0.39 is 10.0 Å². The molecule has 0 unspecified atom stereocenters. The number of aromatic nitrogens is 2. The maximum atomic E-state index is 13.2. The van der Waals surface area contributed by atoms with E-state index >= 15 is 0 Å². The molecule has 0 spiro atoms. The molecule has 1 aromatic heterocycles. The first-order valence-electron chi connectivity index (χ1n) is 10.2. The molecule has 1 atom stereocenters. The molecule has 1 aliphatic rings. The van der Waals surface area contributed by atoms with Crippen molar-refractivity contribution >= 4 is 21.6 Å². The van der Waals surface area contributed by atoms with E-state index in [2.05, 4.69) is 10.1 Å². The molecule has 0 bridgehead atoms. The lowest BCUT2D eigenvalue weighted by Crippen LogP contribution is -2.39. The number of aryl methyl sites for hydroxylation is 1. The molecule has 32 heavy (non-hydrogen) atoms. The highest BCUT2D eigenvalue weighted by atomic mass is 35.5. The molecule has 0 aliphatic carbocycles. The van der Waals surface area contributed by atoms with E-state index in [4.69, 9.17) is 25.6 Å². The molecule has 0 N–H and O–H groups in total. The third-order valence-electron chi connectivity index (χ3n) is 5.60. The Morgan fingerprint density at radius 3 is 2.62 bits per heavy atom. The smallest absolute Gasteiger partial charge is 0.243 e. The van der Waals surface area contributed by atoms with Gasteiger partial charge in [0.15, 0.2) is 11.5 Å². The third kappa shape index (κ3) is 4.32. The molecule has 0 saturated carbocycles. The number of hydrogen-bond acceptors (Lipinski definition) is 7. The highest BCUT2D eigenvalue weighted by Crippen LogP contribution is 2.34. The number of hydrogen-bond donors (Lipinski definition) is 0. The highest BCUT2D eigenvalue weighted by Gasteiger charge is 2.33. The first kappa shape index (κ1) is 22.6. The summed E-state index contributed by atoms with van der Waals surface area (Å²) < 4.78 is 43.9. The zero-order valence-corrected chi connectivity index (χ0v) is 19.6. The van der Waals surface area contributed by atoms with Crippen LogP contribution in [0, 0.1) is 6.92 Å². The standard InChI is InChI=1S/C22H24ClN3O5S/c1-14-6-8-17(12-18(14)23)32(27,28)26-10-4-5-16(13-26)22-24-21(25-31-22)15-7-9-19(29-2)20(11-15)30-3/h6-9,11-12,16H,4-5,10,13H2,1-3H3/t16-/m0/s1. The predicted molar refractivity (Wildman–Crippen MR) is 120 cm³/mol. The molecule has 4 rings (SSSR count). The summed E-state index contributed by atoms with van der Waals surface area (Å²) in [6, 6.07) is 10.1. The van der Waals surface area contributed by atoms with Crippen LogP contribution in [0.5, 0.6) is 11.5 Å². The van der Waals surface area contributed by atoms with Gasteiger partial charge in [0, 0.05) is 23.7 Å². The van der Waals surface area contributed by atoms with Crippen LogP contribution < -0.4 is 9.47 Å². The molecule has 1 aliphatic heterocycles. The molecule has 3 aromatic rings. The SMILES string of the molecule is COc1ccc(-c2noc([C@H]3CCCN(S(=O)(=O)c4ccc(C)c(Cl)c4)C3)n2)cc1OC. The van der Waals surface area contributed by atoms with Gasteiger partial charge in [0.05, 0.1) is 25.0 Å². The second-order valence-electron chi connectivity index (χ2n) is 7.64. The first-order valence-corrected chi connectivity index (χ1v) is 12.0. The van der Waals surface area contributed by atoms with Crippen molar-refractivity contribution in [2.24, 2.45) is 0 Å². The molecule has 2 heterocycles. The summed E-state index contributed by atoms with van der Waals surface area (Å²) in [4.78, 5) is 4.72. The van der Waals surface area contributed by atoms with Crippen molar-refractivity contribution in [3.05, 3.63) is 52.9 Å². The number of sulfonamides is 1. The van der Waals surface area contributed by atoms with Gasteiger partial charge in [-0.25, -0.2) is 8.42 Å². The van der Waals surface area contributed by atoms with E-state index in [1.807, 2.05) is 13.0 Å².